The van der Waals surface area contributed by atoms with E-state index in [4.69, 9.17) is 4.74 Å². The molecule has 2 aliphatic carbocycles. The lowest BCUT2D eigenvalue weighted by Crippen LogP contribution is -2.41. The molecular formula is C31H36F3N5O5. The first-order valence-electron chi connectivity index (χ1n) is 15.0. The molecule has 0 radical (unpaired) electrons. The van der Waals surface area contributed by atoms with Crippen LogP contribution in [0.1, 0.15) is 87.7 Å². The van der Waals surface area contributed by atoms with E-state index in [0.717, 1.165) is 24.1 Å². The Morgan fingerprint density at radius 2 is 1.84 bits per heavy atom. The summed E-state index contributed by atoms with van der Waals surface area (Å²) in [7, 11) is 0. The molecule has 2 amide bonds. The molecule has 3 fully saturated rings. The molecule has 2 atom stereocenters. The molecule has 1 saturated heterocycles. The number of rotatable bonds is 5. The Morgan fingerprint density at radius 1 is 1.09 bits per heavy atom. The van der Waals surface area contributed by atoms with E-state index < -0.39 is 29.7 Å². The summed E-state index contributed by atoms with van der Waals surface area (Å²) in [5, 5.41) is 2.40. The second-order valence-corrected chi connectivity index (χ2v) is 13.1. The van der Waals surface area contributed by atoms with Crippen molar-refractivity contribution in [2.24, 2.45) is 5.92 Å². The summed E-state index contributed by atoms with van der Waals surface area (Å²) >= 11 is 0. The lowest BCUT2D eigenvalue weighted by atomic mass is 9.83. The number of imidazole rings is 1. The highest BCUT2D eigenvalue weighted by atomic mass is 19.4. The molecule has 2 unspecified atom stereocenters. The molecule has 0 bridgehead atoms. The van der Waals surface area contributed by atoms with E-state index in [1.165, 1.54) is 37.3 Å². The van der Waals surface area contributed by atoms with Gasteiger partial charge >= 0.3 is 18.1 Å². The van der Waals surface area contributed by atoms with Crippen molar-refractivity contribution in [3.8, 4) is 5.75 Å². The van der Waals surface area contributed by atoms with Gasteiger partial charge in [-0.25, -0.2) is 14.6 Å². The average Bonchev–Trinajstić information content (AvgIpc) is 3.60. The Hall–Kier alpha value is -4.03. The molecule has 0 spiro atoms. The fraction of sp³-hybridized carbons (Fsp3) is 0.548. The van der Waals surface area contributed by atoms with E-state index in [0.29, 0.717) is 37.5 Å². The minimum absolute atomic E-state index is 0.00679. The normalized spacial score (nSPS) is 22.4. The number of ether oxygens (including phenoxy) is 2. The summed E-state index contributed by atoms with van der Waals surface area (Å²) < 4.78 is 49.7. The highest BCUT2D eigenvalue weighted by Gasteiger charge is 2.55. The van der Waals surface area contributed by atoms with Gasteiger partial charge in [0.2, 0.25) is 0 Å². The van der Waals surface area contributed by atoms with Crippen LogP contribution in [0.15, 0.2) is 35.3 Å². The molecular weight excluding hydrogens is 579 g/mol. The lowest BCUT2D eigenvalue weighted by molar-refractivity contribution is -0.274. The molecule has 2 saturated carbocycles. The first-order chi connectivity index (χ1) is 20.7. The third kappa shape index (κ3) is 6.00. The highest BCUT2D eigenvalue weighted by molar-refractivity contribution is 6.03. The summed E-state index contributed by atoms with van der Waals surface area (Å²) in [6.45, 7) is 5.52. The van der Waals surface area contributed by atoms with Crippen molar-refractivity contribution in [2.75, 3.05) is 18.4 Å². The zero-order valence-corrected chi connectivity index (χ0v) is 24.9. The maximum atomic E-state index is 13.6. The quantitative estimate of drug-likeness (QED) is 0.349. The largest absolute Gasteiger partial charge is 0.573 e. The van der Waals surface area contributed by atoms with Crippen LogP contribution < -0.4 is 15.7 Å². The Labute approximate surface area is 251 Å². The van der Waals surface area contributed by atoms with Crippen LogP contribution in [0.3, 0.4) is 0 Å². The van der Waals surface area contributed by atoms with Crippen LogP contribution in [-0.2, 0) is 10.2 Å². The average molecular weight is 616 g/mol. The number of pyridine rings is 1. The SMILES string of the molecule is CC(C)(C)OC(=O)Nc1cc(OC(F)(F)F)ccc1C(=O)N1CCC(n2c(=O)[nH]c3ncc(C45CCCCC4C5)cc32)CC1. The van der Waals surface area contributed by atoms with Gasteiger partial charge in [0.25, 0.3) is 5.91 Å². The number of alkyl halides is 3. The van der Waals surface area contributed by atoms with Crippen LogP contribution in [0.25, 0.3) is 11.2 Å². The minimum Gasteiger partial charge on any atom is -0.444 e. The number of benzene rings is 1. The number of H-pyrrole nitrogens is 1. The van der Waals surface area contributed by atoms with Gasteiger partial charge in [-0.15, -0.1) is 13.2 Å². The van der Waals surface area contributed by atoms with E-state index in [2.05, 4.69) is 26.1 Å². The Kier molecular flexibility index (Phi) is 7.40. The third-order valence-electron chi connectivity index (χ3n) is 9.01. The minimum atomic E-state index is -4.95. The number of piperidine rings is 1. The number of aromatic amines is 1. The maximum absolute atomic E-state index is 13.6. The molecule has 1 aromatic carbocycles. The van der Waals surface area contributed by atoms with Crippen LogP contribution in [0.4, 0.5) is 23.7 Å². The van der Waals surface area contributed by atoms with Gasteiger partial charge in [-0.05, 0) is 82.6 Å². The molecule has 3 aromatic rings. The van der Waals surface area contributed by atoms with E-state index in [1.807, 2.05) is 6.20 Å². The van der Waals surface area contributed by atoms with Crippen molar-refractivity contribution in [3.63, 3.8) is 0 Å². The summed E-state index contributed by atoms with van der Waals surface area (Å²) in [6, 6.07) is 5.11. The zero-order chi connectivity index (χ0) is 31.4. The van der Waals surface area contributed by atoms with Crippen molar-refractivity contribution in [1.82, 2.24) is 19.4 Å². The number of amides is 2. The molecule has 13 heteroatoms. The van der Waals surface area contributed by atoms with E-state index in [-0.39, 0.29) is 28.4 Å². The maximum Gasteiger partial charge on any atom is 0.573 e. The number of carbonyl (C=O) groups is 2. The number of anilines is 1. The molecule has 1 aliphatic heterocycles. The van der Waals surface area contributed by atoms with Crippen molar-refractivity contribution in [3.05, 3.63) is 52.1 Å². The fourth-order valence-corrected chi connectivity index (χ4v) is 6.95. The van der Waals surface area contributed by atoms with Gasteiger partial charge in [-0.3, -0.25) is 19.7 Å². The van der Waals surface area contributed by atoms with Gasteiger partial charge in [-0.2, -0.15) is 0 Å². The van der Waals surface area contributed by atoms with Crippen molar-refractivity contribution < 1.29 is 32.2 Å². The van der Waals surface area contributed by atoms with Gasteiger partial charge in [0, 0.05) is 36.8 Å². The van der Waals surface area contributed by atoms with Crippen LogP contribution in [0.5, 0.6) is 5.75 Å². The van der Waals surface area contributed by atoms with Crippen molar-refractivity contribution in [1.29, 1.82) is 0 Å². The van der Waals surface area contributed by atoms with Crippen molar-refractivity contribution in [2.45, 2.75) is 89.1 Å². The molecule has 44 heavy (non-hydrogen) atoms. The first-order valence-corrected chi connectivity index (χ1v) is 15.0. The predicted molar refractivity (Wildman–Crippen MR) is 156 cm³/mol. The van der Waals surface area contributed by atoms with E-state index >= 15 is 0 Å². The van der Waals surface area contributed by atoms with E-state index in [9.17, 15) is 27.6 Å². The van der Waals surface area contributed by atoms with Gasteiger partial charge < -0.3 is 14.4 Å². The third-order valence-corrected chi connectivity index (χ3v) is 9.01. The standard InChI is InChI=1S/C31H36F3N5O5/c1-29(2,3)44-28(42)36-23-15-21(43-31(32,33)34)7-8-22(23)26(40)38-12-9-20(10-13-38)39-24-14-19(17-35-25(24)37-27(39)41)30-11-5-4-6-18(30)16-30/h7-8,14-15,17-18,20H,4-6,9-13,16H2,1-3H3,(H,36,42)(H,35,37,41). The molecule has 2 aromatic heterocycles. The van der Waals surface area contributed by atoms with Gasteiger partial charge in [0.15, 0.2) is 5.65 Å². The van der Waals surface area contributed by atoms with Gasteiger partial charge in [-0.1, -0.05) is 12.8 Å². The predicted octanol–water partition coefficient (Wildman–Crippen LogP) is 6.28. The monoisotopic (exact) mass is 615 g/mol. The topological polar surface area (TPSA) is 119 Å². The second-order valence-electron chi connectivity index (χ2n) is 13.1. The number of carbonyl (C=O) groups excluding carboxylic acids is 2. The van der Waals surface area contributed by atoms with Crippen LogP contribution in [0.2, 0.25) is 0 Å². The molecule has 10 nitrogen and oxygen atoms in total. The van der Waals surface area contributed by atoms with Crippen LogP contribution >= 0.6 is 0 Å². The smallest absolute Gasteiger partial charge is 0.444 e. The summed E-state index contributed by atoms with van der Waals surface area (Å²) in [6.07, 6.45) is 3.02. The molecule has 3 heterocycles. The molecule has 3 aliphatic rings. The fourth-order valence-electron chi connectivity index (χ4n) is 6.95. The number of nitrogens with one attached hydrogen (secondary N) is 2. The highest BCUT2D eigenvalue weighted by Crippen LogP contribution is 2.62. The number of hydrogen-bond donors (Lipinski definition) is 2. The summed E-state index contributed by atoms with van der Waals surface area (Å²) in [5.74, 6) is -0.372. The number of nitrogens with zero attached hydrogens (tertiary/aromatic N) is 3. The van der Waals surface area contributed by atoms with E-state index in [1.54, 1.807) is 30.2 Å². The first kappa shape index (κ1) is 30.0. The number of likely N-dealkylation sites (tertiary alicyclic amines) is 1. The van der Waals surface area contributed by atoms with Gasteiger partial charge in [0.05, 0.1) is 16.8 Å². The van der Waals surface area contributed by atoms with Crippen LogP contribution in [0, 0.1) is 5.92 Å². The second kappa shape index (κ2) is 10.8. The zero-order valence-electron chi connectivity index (χ0n) is 24.9. The number of fused-ring (bicyclic) bond motifs is 2. The summed E-state index contributed by atoms with van der Waals surface area (Å²) in [5.41, 5.74) is 1.40. The molecule has 2 N–H and O–H groups in total. The Bertz CT molecular complexity index is 1650. The Balaban J connectivity index is 1.20. The number of hydrogen-bond acceptors (Lipinski definition) is 6. The van der Waals surface area contributed by atoms with Gasteiger partial charge in [0.1, 0.15) is 11.4 Å². The molecule has 6 rings (SSSR count). The van der Waals surface area contributed by atoms with Crippen molar-refractivity contribution >= 4 is 28.9 Å². The number of aromatic nitrogens is 3. The summed E-state index contributed by atoms with van der Waals surface area (Å²) in [4.78, 5) is 48.2. The molecule has 236 valence electrons. The van der Waals surface area contributed by atoms with Crippen LogP contribution in [-0.4, -0.2) is 56.5 Å². The number of halogens is 3. The lowest BCUT2D eigenvalue weighted by Gasteiger charge is -2.33. The Morgan fingerprint density at radius 3 is 2.52 bits per heavy atom.